The van der Waals surface area contributed by atoms with Gasteiger partial charge in [0.15, 0.2) is 0 Å². The van der Waals surface area contributed by atoms with E-state index in [2.05, 4.69) is 67.7 Å². The number of hydrogen-bond acceptors (Lipinski definition) is 2. The fourth-order valence-corrected chi connectivity index (χ4v) is 2.65. The van der Waals surface area contributed by atoms with Crippen LogP contribution in [0.1, 0.15) is 28.2 Å². The van der Waals surface area contributed by atoms with Crippen molar-refractivity contribution < 1.29 is 4.74 Å². The first-order chi connectivity index (χ1) is 10.2. The molecule has 0 amide bonds. The van der Waals surface area contributed by atoms with Crippen molar-refractivity contribution in [3.8, 4) is 0 Å². The minimum atomic E-state index is 0.378. The molecule has 2 nitrogen and oxygen atoms in total. The fraction of sp³-hybridized carbons (Fsp3) is 0.368. The number of nitrogens with one attached hydrogen (secondary N) is 1. The quantitative estimate of drug-likeness (QED) is 0.783. The zero-order chi connectivity index (χ0) is 15.1. The number of hydrogen-bond donors (Lipinski definition) is 1. The van der Waals surface area contributed by atoms with Gasteiger partial charge in [-0.15, -0.1) is 0 Å². The van der Waals surface area contributed by atoms with E-state index in [0.29, 0.717) is 5.92 Å². The second kappa shape index (κ2) is 7.96. The van der Waals surface area contributed by atoms with Crippen molar-refractivity contribution in [2.75, 3.05) is 26.8 Å². The molecule has 0 saturated carbocycles. The molecule has 0 radical (unpaired) electrons. The van der Waals surface area contributed by atoms with E-state index < -0.39 is 0 Å². The molecule has 0 spiro atoms. The third-order valence-electron chi connectivity index (χ3n) is 3.84. The van der Waals surface area contributed by atoms with Crippen molar-refractivity contribution in [1.82, 2.24) is 5.32 Å². The molecule has 0 aromatic heterocycles. The van der Waals surface area contributed by atoms with E-state index in [0.717, 1.165) is 19.7 Å². The number of methoxy groups -OCH3 is 1. The molecule has 1 atom stereocenters. The molecule has 2 rings (SSSR count). The lowest BCUT2D eigenvalue weighted by Gasteiger charge is -2.21. The van der Waals surface area contributed by atoms with Gasteiger partial charge in [-0.3, -0.25) is 0 Å². The summed E-state index contributed by atoms with van der Waals surface area (Å²) in [6, 6.07) is 17.4. The van der Waals surface area contributed by atoms with Gasteiger partial charge in [-0.2, -0.15) is 0 Å². The van der Waals surface area contributed by atoms with Crippen LogP contribution in [-0.2, 0) is 4.74 Å². The average molecular weight is 283 g/mol. The smallest absolute Gasteiger partial charge is 0.0587 e. The second-order valence-corrected chi connectivity index (χ2v) is 5.52. The van der Waals surface area contributed by atoms with Gasteiger partial charge in [-0.25, -0.2) is 0 Å². The summed E-state index contributed by atoms with van der Waals surface area (Å²) in [5, 5.41) is 3.51. The highest BCUT2D eigenvalue weighted by atomic mass is 16.5. The molecule has 1 N–H and O–H groups in total. The highest BCUT2D eigenvalue weighted by molar-refractivity contribution is 5.40. The van der Waals surface area contributed by atoms with Gasteiger partial charge >= 0.3 is 0 Å². The van der Waals surface area contributed by atoms with Crippen molar-refractivity contribution in [1.29, 1.82) is 0 Å². The molecular weight excluding hydrogens is 258 g/mol. The minimum absolute atomic E-state index is 0.378. The van der Waals surface area contributed by atoms with Crippen molar-refractivity contribution in [2.45, 2.75) is 19.8 Å². The monoisotopic (exact) mass is 283 g/mol. The number of benzene rings is 2. The Hall–Kier alpha value is -1.64. The Labute approximate surface area is 128 Å². The second-order valence-electron chi connectivity index (χ2n) is 5.52. The molecule has 0 saturated heterocycles. The summed E-state index contributed by atoms with van der Waals surface area (Å²) in [7, 11) is 1.74. The molecule has 2 aromatic rings. The number of ether oxygens (including phenoxy) is 1. The molecular formula is C19H25NO. The van der Waals surface area contributed by atoms with Gasteiger partial charge in [0.2, 0.25) is 0 Å². The van der Waals surface area contributed by atoms with Crippen LogP contribution in [0.3, 0.4) is 0 Å². The first kappa shape index (κ1) is 15.7. The molecule has 1 unspecified atom stereocenters. The maximum Gasteiger partial charge on any atom is 0.0587 e. The third-order valence-corrected chi connectivity index (χ3v) is 3.84. The maximum atomic E-state index is 5.12. The van der Waals surface area contributed by atoms with Crippen LogP contribution < -0.4 is 5.32 Å². The average Bonchev–Trinajstić information content (AvgIpc) is 2.51. The summed E-state index contributed by atoms with van der Waals surface area (Å²) in [4.78, 5) is 0. The van der Waals surface area contributed by atoms with Gasteiger partial charge < -0.3 is 10.1 Å². The SMILES string of the molecule is COCCNCC(c1ccccc1)c1cc(C)ccc1C. The predicted molar refractivity (Wildman–Crippen MR) is 88.9 cm³/mol. The molecule has 0 aliphatic carbocycles. The first-order valence-electron chi connectivity index (χ1n) is 7.54. The molecule has 2 aromatic carbocycles. The van der Waals surface area contributed by atoms with E-state index in [9.17, 15) is 0 Å². The van der Waals surface area contributed by atoms with E-state index in [-0.39, 0.29) is 0 Å². The predicted octanol–water partition coefficient (Wildman–Crippen LogP) is 3.67. The van der Waals surface area contributed by atoms with E-state index in [4.69, 9.17) is 4.74 Å². The minimum Gasteiger partial charge on any atom is -0.383 e. The summed E-state index contributed by atoms with van der Waals surface area (Å²) in [6.07, 6.45) is 0. The van der Waals surface area contributed by atoms with Crippen LogP contribution in [0.15, 0.2) is 48.5 Å². The molecule has 112 valence electrons. The molecule has 0 aliphatic heterocycles. The van der Waals surface area contributed by atoms with Gasteiger partial charge in [0.1, 0.15) is 0 Å². The summed E-state index contributed by atoms with van der Waals surface area (Å²) in [5.74, 6) is 0.378. The normalized spacial score (nSPS) is 12.3. The molecule has 2 heteroatoms. The molecule has 21 heavy (non-hydrogen) atoms. The number of rotatable bonds is 7. The Morgan fingerprint density at radius 2 is 1.81 bits per heavy atom. The van der Waals surface area contributed by atoms with Crippen LogP contribution in [0.25, 0.3) is 0 Å². The molecule has 0 bridgehead atoms. The van der Waals surface area contributed by atoms with Gasteiger partial charge in [0.05, 0.1) is 6.61 Å². The number of aryl methyl sites for hydroxylation is 2. The zero-order valence-corrected chi connectivity index (χ0v) is 13.2. The van der Waals surface area contributed by atoms with Crippen LogP contribution in [0.5, 0.6) is 0 Å². The Bertz CT molecular complexity index is 551. The van der Waals surface area contributed by atoms with Gasteiger partial charge in [0.25, 0.3) is 0 Å². The van der Waals surface area contributed by atoms with Crippen molar-refractivity contribution in [2.24, 2.45) is 0 Å². The fourth-order valence-electron chi connectivity index (χ4n) is 2.65. The third kappa shape index (κ3) is 4.42. The highest BCUT2D eigenvalue weighted by Gasteiger charge is 2.15. The molecule has 0 heterocycles. The maximum absolute atomic E-state index is 5.12. The standard InChI is InChI=1S/C19H25NO/c1-15-9-10-16(2)18(13-15)19(14-20-11-12-21-3)17-7-5-4-6-8-17/h4-10,13,19-20H,11-12,14H2,1-3H3. The molecule has 0 aliphatic rings. The van der Waals surface area contributed by atoms with E-state index in [1.54, 1.807) is 7.11 Å². The lowest BCUT2D eigenvalue weighted by atomic mass is 9.87. The van der Waals surface area contributed by atoms with E-state index in [1.807, 2.05) is 0 Å². The molecule has 0 fully saturated rings. The van der Waals surface area contributed by atoms with Crippen LogP contribution in [-0.4, -0.2) is 26.8 Å². The van der Waals surface area contributed by atoms with Crippen LogP contribution in [0.2, 0.25) is 0 Å². The summed E-state index contributed by atoms with van der Waals surface area (Å²) >= 11 is 0. The lowest BCUT2D eigenvalue weighted by Crippen LogP contribution is -2.26. The Morgan fingerprint density at radius 3 is 2.52 bits per heavy atom. The topological polar surface area (TPSA) is 21.3 Å². The lowest BCUT2D eigenvalue weighted by molar-refractivity contribution is 0.199. The van der Waals surface area contributed by atoms with Crippen molar-refractivity contribution in [3.05, 3.63) is 70.8 Å². The highest BCUT2D eigenvalue weighted by Crippen LogP contribution is 2.27. The van der Waals surface area contributed by atoms with Crippen molar-refractivity contribution >= 4 is 0 Å². The first-order valence-corrected chi connectivity index (χ1v) is 7.54. The summed E-state index contributed by atoms with van der Waals surface area (Å²) < 4.78 is 5.12. The van der Waals surface area contributed by atoms with Gasteiger partial charge in [-0.1, -0.05) is 54.1 Å². The largest absolute Gasteiger partial charge is 0.383 e. The van der Waals surface area contributed by atoms with Gasteiger partial charge in [-0.05, 0) is 30.5 Å². The van der Waals surface area contributed by atoms with E-state index in [1.165, 1.54) is 22.3 Å². The van der Waals surface area contributed by atoms with E-state index >= 15 is 0 Å². The van der Waals surface area contributed by atoms with Crippen LogP contribution in [0.4, 0.5) is 0 Å². The van der Waals surface area contributed by atoms with Crippen LogP contribution in [0, 0.1) is 13.8 Å². The van der Waals surface area contributed by atoms with Crippen LogP contribution >= 0.6 is 0 Å². The Kier molecular flexibility index (Phi) is 5.97. The summed E-state index contributed by atoms with van der Waals surface area (Å²) in [6.45, 7) is 6.90. The van der Waals surface area contributed by atoms with Gasteiger partial charge in [0, 0.05) is 26.1 Å². The van der Waals surface area contributed by atoms with Crippen molar-refractivity contribution in [3.63, 3.8) is 0 Å². The summed E-state index contributed by atoms with van der Waals surface area (Å²) in [5.41, 5.74) is 5.43. The Balaban J connectivity index is 2.25. The Morgan fingerprint density at radius 1 is 1.05 bits per heavy atom. The zero-order valence-electron chi connectivity index (χ0n) is 13.2.